The molecule has 1 aliphatic rings. The van der Waals surface area contributed by atoms with Crippen molar-refractivity contribution < 1.29 is 19.1 Å². The molecule has 1 amide bonds. The van der Waals surface area contributed by atoms with Gasteiger partial charge in [-0.3, -0.25) is 9.69 Å². The van der Waals surface area contributed by atoms with Crippen molar-refractivity contribution in [1.82, 2.24) is 4.90 Å². The van der Waals surface area contributed by atoms with Crippen LogP contribution >= 0.6 is 0 Å². The first-order chi connectivity index (χ1) is 9.04. The molecule has 0 unspecified atom stereocenters. The molecule has 1 aliphatic heterocycles. The third kappa shape index (κ3) is 3.82. The van der Waals surface area contributed by atoms with Crippen molar-refractivity contribution in [3.63, 3.8) is 0 Å². The quantitative estimate of drug-likeness (QED) is 0.830. The van der Waals surface area contributed by atoms with E-state index in [9.17, 15) is 9.59 Å². The van der Waals surface area contributed by atoms with Crippen molar-refractivity contribution in [2.75, 3.05) is 13.1 Å². The number of hydrogen-bond acceptors (Lipinski definition) is 4. The van der Waals surface area contributed by atoms with Crippen molar-refractivity contribution in [1.29, 1.82) is 0 Å². The van der Waals surface area contributed by atoms with E-state index < -0.39 is 5.97 Å². The number of likely N-dealkylation sites (tertiary alicyclic amines) is 1. The number of piperidine rings is 1. The van der Waals surface area contributed by atoms with Gasteiger partial charge < -0.3 is 15.3 Å². The number of carbonyl (C=O) groups excluding carboxylic acids is 1. The normalized spacial score (nSPS) is 17.5. The molecule has 3 N–H and O–H groups in total. The van der Waals surface area contributed by atoms with Gasteiger partial charge in [0.2, 0.25) is 11.7 Å². The largest absolute Gasteiger partial charge is 0.475 e. The molecule has 6 nitrogen and oxygen atoms in total. The molecule has 0 atom stereocenters. The highest BCUT2D eigenvalue weighted by atomic mass is 16.4. The van der Waals surface area contributed by atoms with Crippen LogP contribution in [0.1, 0.15) is 35.6 Å². The number of furan rings is 1. The Labute approximate surface area is 111 Å². The number of carbonyl (C=O) groups is 2. The molecule has 0 aliphatic carbocycles. The molecule has 1 aromatic rings. The second-order valence-electron chi connectivity index (χ2n) is 4.96. The maximum Gasteiger partial charge on any atom is 0.371 e. The van der Waals surface area contributed by atoms with Crippen molar-refractivity contribution in [2.45, 2.75) is 25.8 Å². The number of rotatable bonds is 5. The second-order valence-corrected chi connectivity index (χ2v) is 4.96. The SMILES string of the molecule is NC(=O)CC1CCN(Cc2ccc(C(=O)O)o2)CC1. The molecule has 19 heavy (non-hydrogen) atoms. The van der Waals surface area contributed by atoms with Crippen LogP contribution < -0.4 is 5.73 Å². The molecule has 0 bridgehead atoms. The van der Waals surface area contributed by atoms with E-state index in [1.807, 2.05) is 0 Å². The van der Waals surface area contributed by atoms with Crippen LogP contribution in [0.15, 0.2) is 16.5 Å². The average Bonchev–Trinajstić information content (AvgIpc) is 2.80. The molecular formula is C13H18N2O4. The van der Waals surface area contributed by atoms with Crippen LogP contribution in [0.25, 0.3) is 0 Å². The standard InChI is InChI=1S/C13H18N2O4/c14-12(16)7-9-3-5-15(6-4-9)8-10-1-2-11(19-10)13(17)18/h1-2,9H,3-8H2,(H2,14,16)(H,17,18). The molecular weight excluding hydrogens is 248 g/mol. The van der Waals surface area contributed by atoms with Gasteiger partial charge in [-0.2, -0.15) is 0 Å². The summed E-state index contributed by atoms with van der Waals surface area (Å²) >= 11 is 0. The minimum atomic E-state index is -1.05. The third-order valence-electron chi connectivity index (χ3n) is 3.45. The molecule has 104 valence electrons. The van der Waals surface area contributed by atoms with Crippen LogP contribution in [0.4, 0.5) is 0 Å². The maximum absolute atomic E-state index is 10.8. The zero-order valence-corrected chi connectivity index (χ0v) is 10.7. The van der Waals surface area contributed by atoms with Crippen LogP contribution in [0.3, 0.4) is 0 Å². The number of carboxylic acid groups (broad SMARTS) is 1. The van der Waals surface area contributed by atoms with E-state index in [1.165, 1.54) is 6.07 Å². The highest BCUT2D eigenvalue weighted by molar-refractivity contribution is 5.84. The van der Waals surface area contributed by atoms with E-state index >= 15 is 0 Å². The number of primary amides is 1. The van der Waals surface area contributed by atoms with Crippen LogP contribution in [-0.4, -0.2) is 35.0 Å². The van der Waals surface area contributed by atoms with Gasteiger partial charge in [-0.1, -0.05) is 0 Å². The maximum atomic E-state index is 10.8. The van der Waals surface area contributed by atoms with Gasteiger partial charge in [-0.25, -0.2) is 4.79 Å². The minimum Gasteiger partial charge on any atom is -0.475 e. The first-order valence-corrected chi connectivity index (χ1v) is 6.37. The van der Waals surface area contributed by atoms with Gasteiger partial charge in [0.15, 0.2) is 0 Å². The molecule has 1 saturated heterocycles. The topological polar surface area (TPSA) is 96.8 Å². The Balaban J connectivity index is 1.81. The molecule has 1 aromatic heterocycles. The summed E-state index contributed by atoms with van der Waals surface area (Å²) in [5.41, 5.74) is 5.19. The van der Waals surface area contributed by atoms with Gasteiger partial charge in [0.25, 0.3) is 0 Å². The number of nitrogens with zero attached hydrogens (tertiary/aromatic N) is 1. The Morgan fingerprint density at radius 2 is 2.05 bits per heavy atom. The fourth-order valence-electron chi connectivity index (χ4n) is 2.43. The van der Waals surface area contributed by atoms with Gasteiger partial charge in [0.05, 0.1) is 6.54 Å². The number of aromatic carboxylic acids is 1. The lowest BCUT2D eigenvalue weighted by Gasteiger charge is -2.30. The number of carboxylic acids is 1. The highest BCUT2D eigenvalue weighted by Gasteiger charge is 2.21. The van der Waals surface area contributed by atoms with Crippen LogP contribution in [0.5, 0.6) is 0 Å². The van der Waals surface area contributed by atoms with Crippen LogP contribution in [-0.2, 0) is 11.3 Å². The van der Waals surface area contributed by atoms with Gasteiger partial charge in [0.1, 0.15) is 5.76 Å². The smallest absolute Gasteiger partial charge is 0.371 e. The molecule has 2 rings (SSSR count). The number of nitrogens with two attached hydrogens (primary N) is 1. The Kier molecular flexibility index (Phi) is 4.21. The lowest BCUT2D eigenvalue weighted by molar-refractivity contribution is -0.119. The summed E-state index contributed by atoms with van der Waals surface area (Å²) in [4.78, 5) is 23.7. The summed E-state index contributed by atoms with van der Waals surface area (Å²) in [6.07, 6.45) is 2.34. The van der Waals surface area contributed by atoms with Crippen LogP contribution in [0.2, 0.25) is 0 Å². The Bertz CT molecular complexity index is 461. The van der Waals surface area contributed by atoms with E-state index in [-0.39, 0.29) is 11.7 Å². The summed E-state index contributed by atoms with van der Waals surface area (Å²) in [6, 6.07) is 3.16. The molecule has 0 spiro atoms. The van der Waals surface area contributed by atoms with Crippen molar-refractivity contribution in [3.05, 3.63) is 23.7 Å². The first kappa shape index (κ1) is 13.6. The summed E-state index contributed by atoms with van der Waals surface area (Å²) < 4.78 is 5.22. The van der Waals surface area contributed by atoms with E-state index in [4.69, 9.17) is 15.3 Å². The minimum absolute atomic E-state index is 0.0291. The predicted octanol–water partition coefficient (Wildman–Crippen LogP) is 1.07. The van der Waals surface area contributed by atoms with Crippen molar-refractivity contribution >= 4 is 11.9 Å². The molecule has 6 heteroatoms. The van der Waals surface area contributed by atoms with Crippen molar-refractivity contribution in [3.8, 4) is 0 Å². The predicted molar refractivity (Wildman–Crippen MR) is 67.5 cm³/mol. The summed E-state index contributed by atoms with van der Waals surface area (Å²) in [6.45, 7) is 2.36. The molecule has 0 aromatic carbocycles. The van der Waals surface area contributed by atoms with Gasteiger partial charge >= 0.3 is 5.97 Å². The van der Waals surface area contributed by atoms with Gasteiger partial charge in [0, 0.05) is 6.42 Å². The highest BCUT2D eigenvalue weighted by Crippen LogP contribution is 2.22. The van der Waals surface area contributed by atoms with E-state index in [0.717, 1.165) is 25.9 Å². The Hall–Kier alpha value is -1.82. The Morgan fingerprint density at radius 3 is 2.58 bits per heavy atom. The molecule has 0 saturated carbocycles. The van der Waals surface area contributed by atoms with Crippen molar-refractivity contribution in [2.24, 2.45) is 11.7 Å². The monoisotopic (exact) mass is 266 g/mol. The van der Waals surface area contributed by atoms with Gasteiger partial charge in [-0.15, -0.1) is 0 Å². The molecule has 2 heterocycles. The fourth-order valence-corrected chi connectivity index (χ4v) is 2.43. The summed E-state index contributed by atoms with van der Waals surface area (Å²) in [5.74, 6) is -0.286. The van der Waals surface area contributed by atoms with E-state index in [2.05, 4.69) is 4.90 Å². The van der Waals surface area contributed by atoms with E-state index in [1.54, 1.807) is 6.07 Å². The number of amides is 1. The number of hydrogen-bond donors (Lipinski definition) is 2. The lowest BCUT2D eigenvalue weighted by atomic mass is 9.93. The second kappa shape index (κ2) is 5.88. The average molecular weight is 266 g/mol. The lowest BCUT2D eigenvalue weighted by Crippen LogP contribution is -2.34. The van der Waals surface area contributed by atoms with E-state index in [0.29, 0.717) is 24.6 Å². The zero-order valence-electron chi connectivity index (χ0n) is 10.7. The van der Waals surface area contributed by atoms with Gasteiger partial charge in [-0.05, 0) is 44.0 Å². The summed E-state index contributed by atoms with van der Waals surface area (Å²) in [5, 5.41) is 8.77. The molecule has 0 radical (unpaired) electrons. The zero-order chi connectivity index (χ0) is 13.8. The van der Waals surface area contributed by atoms with Crippen LogP contribution in [0, 0.1) is 5.92 Å². The Morgan fingerprint density at radius 1 is 1.37 bits per heavy atom. The summed E-state index contributed by atoms with van der Waals surface area (Å²) in [7, 11) is 0. The fraction of sp³-hybridized carbons (Fsp3) is 0.538. The molecule has 1 fully saturated rings. The third-order valence-corrected chi connectivity index (χ3v) is 3.45. The first-order valence-electron chi connectivity index (χ1n) is 6.37.